The summed E-state index contributed by atoms with van der Waals surface area (Å²) >= 11 is 0. The van der Waals surface area contributed by atoms with Crippen LogP contribution in [0.1, 0.15) is 24.1 Å². The average Bonchev–Trinajstić information content (AvgIpc) is 2.35. The van der Waals surface area contributed by atoms with E-state index in [1.807, 2.05) is 19.1 Å². The number of para-hydroxylation sites is 1. The molecule has 0 radical (unpaired) electrons. The van der Waals surface area contributed by atoms with E-state index in [1.54, 1.807) is 12.1 Å². The molecule has 0 amide bonds. The maximum Gasteiger partial charge on any atom is 0.148 e. The fourth-order valence-corrected chi connectivity index (χ4v) is 2.05. The number of nitrogens with one attached hydrogen (secondary N) is 1. The molecule has 1 unspecified atom stereocenters. The fraction of sp³-hybridized carbons (Fsp3) is 0.200. The van der Waals surface area contributed by atoms with E-state index in [0.29, 0.717) is 5.69 Å². The second-order valence-corrected chi connectivity index (χ2v) is 4.42. The van der Waals surface area contributed by atoms with Crippen LogP contribution in [0, 0.1) is 12.7 Å². The summed E-state index contributed by atoms with van der Waals surface area (Å²) in [6.45, 7) is 4.09. The molecule has 0 heterocycles. The third-order valence-corrected chi connectivity index (χ3v) is 3.08. The monoisotopic (exact) mass is 244 g/mol. The van der Waals surface area contributed by atoms with E-state index in [0.717, 1.165) is 0 Å². The van der Waals surface area contributed by atoms with E-state index in [9.17, 15) is 4.39 Å². The lowest BCUT2D eigenvalue weighted by Gasteiger charge is -2.19. The number of halogens is 1. The van der Waals surface area contributed by atoms with Crippen LogP contribution in [-0.4, -0.2) is 0 Å². The van der Waals surface area contributed by atoms with Crippen molar-refractivity contribution in [1.29, 1.82) is 0 Å². The van der Waals surface area contributed by atoms with Gasteiger partial charge >= 0.3 is 0 Å². The lowest BCUT2D eigenvalue weighted by molar-refractivity contribution is 0.632. The second kappa shape index (κ2) is 5.08. The Balaban J connectivity index is 2.24. The van der Waals surface area contributed by atoms with Gasteiger partial charge in [0.2, 0.25) is 0 Å². The topological polar surface area (TPSA) is 38.0 Å². The third kappa shape index (κ3) is 2.45. The van der Waals surface area contributed by atoms with Gasteiger partial charge in [-0.25, -0.2) is 4.39 Å². The molecule has 0 aliphatic carbocycles. The average molecular weight is 244 g/mol. The van der Waals surface area contributed by atoms with E-state index in [4.69, 9.17) is 5.73 Å². The number of rotatable bonds is 3. The molecule has 2 aromatic carbocycles. The zero-order valence-electron chi connectivity index (χ0n) is 10.6. The summed E-state index contributed by atoms with van der Waals surface area (Å²) < 4.78 is 13.3. The Kier molecular flexibility index (Phi) is 3.51. The van der Waals surface area contributed by atoms with Crippen LogP contribution in [0.3, 0.4) is 0 Å². The molecule has 0 bridgehead atoms. The summed E-state index contributed by atoms with van der Waals surface area (Å²) in [6, 6.07) is 13.0. The quantitative estimate of drug-likeness (QED) is 0.804. The first kappa shape index (κ1) is 12.4. The molecule has 18 heavy (non-hydrogen) atoms. The van der Waals surface area contributed by atoms with E-state index >= 15 is 0 Å². The SMILES string of the molecule is Cc1ccccc1C(C)Nc1cccc(F)c1N. The predicted octanol–water partition coefficient (Wildman–Crippen LogP) is 3.89. The largest absolute Gasteiger partial charge is 0.395 e. The van der Waals surface area contributed by atoms with E-state index < -0.39 is 5.82 Å². The molecule has 1 atom stereocenters. The standard InChI is InChI=1S/C15H17FN2/c1-10-6-3-4-7-12(10)11(2)18-14-9-5-8-13(16)15(14)17/h3-9,11,18H,17H2,1-2H3. The molecule has 3 N–H and O–H groups in total. The van der Waals surface area contributed by atoms with Crippen molar-refractivity contribution < 1.29 is 4.39 Å². The van der Waals surface area contributed by atoms with Crippen LogP contribution in [0.15, 0.2) is 42.5 Å². The van der Waals surface area contributed by atoms with Gasteiger partial charge in [0.1, 0.15) is 5.82 Å². The number of nitrogen functional groups attached to an aromatic ring is 1. The molecule has 0 aliphatic heterocycles. The van der Waals surface area contributed by atoms with Crippen LogP contribution in [0.25, 0.3) is 0 Å². The minimum absolute atomic E-state index is 0.0790. The maximum atomic E-state index is 13.3. The molecule has 2 nitrogen and oxygen atoms in total. The van der Waals surface area contributed by atoms with Gasteiger partial charge in [0.25, 0.3) is 0 Å². The Morgan fingerprint density at radius 2 is 1.83 bits per heavy atom. The highest BCUT2D eigenvalue weighted by atomic mass is 19.1. The van der Waals surface area contributed by atoms with Gasteiger partial charge in [0, 0.05) is 6.04 Å². The molecule has 0 saturated heterocycles. The lowest BCUT2D eigenvalue weighted by atomic mass is 10.0. The molecule has 2 rings (SSSR count). The highest BCUT2D eigenvalue weighted by molar-refractivity contribution is 5.67. The Morgan fingerprint density at radius 1 is 1.11 bits per heavy atom. The van der Waals surface area contributed by atoms with Gasteiger partial charge < -0.3 is 11.1 Å². The van der Waals surface area contributed by atoms with Crippen LogP contribution < -0.4 is 11.1 Å². The zero-order chi connectivity index (χ0) is 13.1. The lowest BCUT2D eigenvalue weighted by Crippen LogP contribution is -2.10. The van der Waals surface area contributed by atoms with Crippen molar-refractivity contribution in [2.45, 2.75) is 19.9 Å². The first-order valence-electron chi connectivity index (χ1n) is 5.95. The smallest absolute Gasteiger partial charge is 0.148 e. The van der Waals surface area contributed by atoms with Crippen LogP contribution in [0.2, 0.25) is 0 Å². The maximum absolute atomic E-state index is 13.3. The highest BCUT2D eigenvalue weighted by Crippen LogP contribution is 2.27. The van der Waals surface area contributed by atoms with Crippen molar-refractivity contribution in [2.24, 2.45) is 0 Å². The molecular weight excluding hydrogens is 227 g/mol. The van der Waals surface area contributed by atoms with E-state index in [2.05, 4.69) is 24.4 Å². The Morgan fingerprint density at radius 3 is 2.56 bits per heavy atom. The van der Waals surface area contributed by atoms with Crippen molar-refractivity contribution in [3.05, 3.63) is 59.4 Å². The number of anilines is 2. The van der Waals surface area contributed by atoms with Gasteiger partial charge in [-0.15, -0.1) is 0 Å². The van der Waals surface area contributed by atoms with Crippen LogP contribution >= 0.6 is 0 Å². The minimum atomic E-state index is -0.392. The number of aryl methyl sites for hydroxylation is 1. The van der Waals surface area contributed by atoms with Gasteiger partial charge in [0.15, 0.2) is 0 Å². The number of nitrogens with two attached hydrogens (primary N) is 1. The Labute approximate surface area is 107 Å². The molecule has 0 saturated carbocycles. The normalized spacial score (nSPS) is 12.2. The molecule has 0 aliphatic rings. The van der Waals surface area contributed by atoms with Crippen molar-refractivity contribution in [3.63, 3.8) is 0 Å². The minimum Gasteiger partial charge on any atom is -0.395 e. The van der Waals surface area contributed by atoms with E-state index in [-0.39, 0.29) is 11.7 Å². The van der Waals surface area contributed by atoms with Gasteiger partial charge in [0.05, 0.1) is 11.4 Å². The summed E-state index contributed by atoms with van der Waals surface area (Å²) in [7, 11) is 0. The summed E-state index contributed by atoms with van der Waals surface area (Å²) in [4.78, 5) is 0. The second-order valence-electron chi connectivity index (χ2n) is 4.42. The predicted molar refractivity (Wildman–Crippen MR) is 74.0 cm³/mol. The first-order chi connectivity index (χ1) is 8.59. The van der Waals surface area contributed by atoms with Crippen molar-refractivity contribution >= 4 is 11.4 Å². The Hall–Kier alpha value is -2.03. The number of benzene rings is 2. The summed E-state index contributed by atoms with van der Waals surface area (Å²) in [5.74, 6) is -0.392. The summed E-state index contributed by atoms with van der Waals surface area (Å²) in [5, 5.41) is 3.24. The molecule has 2 aromatic rings. The van der Waals surface area contributed by atoms with Crippen molar-refractivity contribution in [2.75, 3.05) is 11.1 Å². The molecule has 0 aromatic heterocycles. The van der Waals surface area contributed by atoms with Crippen LogP contribution in [-0.2, 0) is 0 Å². The van der Waals surface area contributed by atoms with Crippen molar-refractivity contribution in [3.8, 4) is 0 Å². The molecule has 0 fully saturated rings. The van der Waals surface area contributed by atoms with Crippen LogP contribution in [0.5, 0.6) is 0 Å². The van der Waals surface area contributed by atoms with E-state index in [1.165, 1.54) is 17.2 Å². The molecule has 94 valence electrons. The van der Waals surface area contributed by atoms with Crippen LogP contribution in [0.4, 0.5) is 15.8 Å². The number of hydrogen-bond acceptors (Lipinski definition) is 2. The Bertz CT molecular complexity index is 552. The number of hydrogen-bond donors (Lipinski definition) is 2. The molecule has 0 spiro atoms. The summed E-state index contributed by atoms with van der Waals surface area (Å²) in [5.41, 5.74) is 8.89. The van der Waals surface area contributed by atoms with Crippen molar-refractivity contribution in [1.82, 2.24) is 0 Å². The first-order valence-corrected chi connectivity index (χ1v) is 5.95. The molecular formula is C15H17FN2. The highest BCUT2D eigenvalue weighted by Gasteiger charge is 2.10. The zero-order valence-corrected chi connectivity index (χ0v) is 10.6. The fourth-order valence-electron chi connectivity index (χ4n) is 2.05. The van der Waals surface area contributed by atoms with Gasteiger partial charge in [-0.2, -0.15) is 0 Å². The summed E-state index contributed by atoms with van der Waals surface area (Å²) in [6.07, 6.45) is 0. The van der Waals surface area contributed by atoms with Gasteiger partial charge in [-0.05, 0) is 37.1 Å². The molecule has 3 heteroatoms. The third-order valence-electron chi connectivity index (χ3n) is 3.08. The van der Waals surface area contributed by atoms with Gasteiger partial charge in [-0.1, -0.05) is 30.3 Å². The van der Waals surface area contributed by atoms with Gasteiger partial charge in [-0.3, -0.25) is 0 Å².